The molecule has 0 aromatic carbocycles. The van der Waals surface area contributed by atoms with E-state index in [1.54, 1.807) is 0 Å². The van der Waals surface area contributed by atoms with Gasteiger partial charge in [-0.15, -0.1) is 0 Å². The molecular weight excluding hydrogens is 364 g/mol. The van der Waals surface area contributed by atoms with Crippen molar-refractivity contribution in [3.05, 3.63) is 34.8 Å². The Kier molecular flexibility index (Phi) is 4.71. The molecule has 29 heavy (non-hydrogen) atoms. The van der Waals surface area contributed by atoms with Gasteiger partial charge in [-0.25, -0.2) is 9.67 Å². The lowest BCUT2D eigenvalue weighted by atomic mass is 10.0. The van der Waals surface area contributed by atoms with Crippen LogP contribution in [0.1, 0.15) is 80.8 Å². The number of fused-ring (bicyclic) bond motifs is 2. The monoisotopic (exact) mass is 394 g/mol. The smallest absolute Gasteiger partial charge is 0.257 e. The second-order valence-electron chi connectivity index (χ2n) is 9.27. The summed E-state index contributed by atoms with van der Waals surface area (Å²) in [4.78, 5) is 18.2. The number of aryl methyl sites for hydroxylation is 3. The average molecular weight is 395 g/mol. The van der Waals surface area contributed by atoms with Gasteiger partial charge in [-0.2, -0.15) is 10.2 Å². The molecule has 154 valence electrons. The van der Waals surface area contributed by atoms with Gasteiger partial charge in [0.2, 0.25) is 0 Å². The third-order valence-electron chi connectivity index (χ3n) is 5.46. The van der Waals surface area contributed by atoms with Crippen LogP contribution < -0.4 is 5.32 Å². The predicted molar refractivity (Wildman–Crippen MR) is 114 cm³/mol. The van der Waals surface area contributed by atoms with Gasteiger partial charge in [0.1, 0.15) is 0 Å². The van der Waals surface area contributed by atoms with Gasteiger partial charge in [0.05, 0.1) is 22.2 Å². The topological polar surface area (TPSA) is 77.6 Å². The summed E-state index contributed by atoms with van der Waals surface area (Å²) in [7, 11) is 0. The Labute approximate surface area is 171 Å². The minimum absolute atomic E-state index is 0.161. The maximum atomic E-state index is 13.3. The molecule has 0 saturated heterocycles. The number of amides is 1. The van der Waals surface area contributed by atoms with Gasteiger partial charge in [0.25, 0.3) is 5.91 Å². The molecule has 7 nitrogen and oxygen atoms in total. The number of hydrogen-bond donors (Lipinski definition) is 1. The molecule has 1 N–H and O–H groups in total. The number of anilines is 1. The quantitative estimate of drug-likeness (QED) is 0.714. The maximum Gasteiger partial charge on any atom is 0.257 e. The number of aromatic nitrogens is 5. The fraction of sp³-hybridized carbons (Fsp3) is 0.545. The molecule has 0 bridgehead atoms. The highest BCUT2D eigenvalue weighted by Gasteiger charge is 2.25. The molecule has 0 radical (unpaired) electrons. The number of carbonyl (C=O) groups is 1. The van der Waals surface area contributed by atoms with Crippen LogP contribution in [0.5, 0.6) is 0 Å². The Bertz CT molecular complexity index is 1060. The Morgan fingerprint density at radius 3 is 2.59 bits per heavy atom. The van der Waals surface area contributed by atoms with E-state index in [2.05, 4.69) is 45.0 Å². The second kappa shape index (κ2) is 6.97. The van der Waals surface area contributed by atoms with Gasteiger partial charge >= 0.3 is 0 Å². The first kappa shape index (κ1) is 19.6. The third kappa shape index (κ3) is 3.54. The van der Waals surface area contributed by atoms with Crippen molar-refractivity contribution < 1.29 is 4.79 Å². The van der Waals surface area contributed by atoms with Gasteiger partial charge < -0.3 is 5.32 Å². The fourth-order valence-corrected chi connectivity index (χ4v) is 3.91. The average Bonchev–Trinajstić information content (AvgIpc) is 3.21. The van der Waals surface area contributed by atoms with Crippen LogP contribution in [0.2, 0.25) is 0 Å². The van der Waals surface area contributed by atoms with Gasteiger partial charge in [0.15, 0.2) is 11.5 Å². The molecule has 0 aliphatic carbocycles. The van der Waals surface area contributed by atoms with Crippen molar-refractivity contribution in [2.24, 2.45) is 0 Å². The van der Waals surface area contributed by atoms with E-state index < -0.39 is 0 Å². The lowest BCUT2D eigenvalue weighted by Gasteiger charge is -2.20. The van der Waals surface area contributed by atoms with Crippen LogP contribution in [0.3, 0.4) is 0 Å². The van der Waals surface area contributed by atoms with Crippen LogP contribution in [0.4, 0.5) is 5.82 Å². The molecule has 4 rings (SSSR count). The fourth-order valence-electron chi connectivity index (χ4n) is 3.91. The summed E-state index contributed by atoms with van der Waals surface area (Å²) in [6.45, 7) is 13.3. The number of pyridine rings is 1. The molecule has 3 aromatic heterocycles. The Hall–Kier alpha value is -2.70. The Morgan fingerprint density at radius 2 is 1.93 bits per heavy atom. The Morgan fingerprint density at radius 1 is 1.17 bits per heavy atom. The lowest BCUT2D eigenvalue weighted by Crippen LogP contribution is -2.24. The van der Waals surface area contributed by atoms with Crippen LogP contribution >= 0.6 is 0 Å². The van der Waals surface area contributed by atoms with Crippen molar-refractivity contribution in [3.8, 4) is 0 Å². The Balaban J connectivity index is 1.80. The van der Waals surface area contributed by atoms with Gasteiger partial charge in [-0.05, 0) is 58.9 Å². The summed E-state index contributed by atoms with van der Waals surface area (Å²) in [6, 6.07) is 3.89. The van der Waals surface area contributed by atoms with E-state index in [-0.39, 0.29) is 17.4 Å². The summed E-state index contributed by atoms with van der Waals surface area (Å²) in [6.07, 6.45) is 3.32. The molecular formula is C22H30N6O. The van der Waals surface area contributed by atoms with Crippen LogP contribution in [0.25, 0.3) is 11.0 Å². The zero-order chi connectivity index (χ0) is 20.9. The zero-order valence-electron chi connectivity index (χ0n) is 18.2. The predicted octanol–water partition coefficient (Wildman–Crippen LogP) is 4.40. The molecule has 7 heteroatoms. The van der Waals surface area contributed by atoms with E-state index in [1.807, 2.05) is 28.4 Å². The van der Waals surface area contributed by atoms with E-state index in [4.69, 9.17) is 10.1 Å². The van der Waals surface area contributed by atoms with Crippen LogP contribution in [-0.4, -0.2) is 30.5 Å². The number of rotatable bonds is 3. The van der Waals surface area contributed by atoms with Crippen LogP contribution in [-0.2, 0) is 18.5 Å². The highest BCUT2D eigenvalue weighted by molar-refractivity contribution is 6.12. The van der Waals surface area contributed by atoms with E-state index in [0.29, 0.717) is 11.4 Å². The highest BCUT2D eigenvalue weighted by Crippen LogP contribution is 2.29. The molecule has 0 unspecified atom stereocenters. The summed E-state index contributed by atoms with van der Waals surface area (Å²) < 4.78 is 3.93. The van der Waals surface area contributed by atoms with E-state index in [9.17, 15) is 4.79 Å². The number of hydrogen-bond acceptors (Lipinski definition) is 4. The van der Waals surface area contributed by atoms with Crippen LogP contribution in [0, 0.1) is 6.92 Å². The van der Waals surface area contributed by atoms with Crippen molar-refractivity contribution in [2.45, 2.75) is 78.8 Å². The summed E-state index contributed by atoms with van der Waals surface area (Å²) in [5.41, 5.74) is 4.02. The van der Waals surface area contributed by atoms with Crippen molar-refractivity contribution in [1.82, 2.24) is 24.5 Å². The second-order valence-corrected chi connectivity index (χ2v) is 9.27. The molecule has 4 heterocycles. The molecule has 1 aliphatic rings. The maximum absolute atomic E-state index is 13.3. The molecule has 0 fully saturated rings. The molecule has 1 amide bonds. The molecule has 1 aliphatic heterocycles. The highest BCUT2D eigenvalue weighted by atomic mass is 16.1. The molecule has 3 aromatic rings. The number of nitrogens with zero attached hydrogens (tertiary/aromatic N) is 5. The van der Waals surface area contributed by atoms with Gasteiger partial charge in [-0.1, -0.05) is 13.8 Å². The molecule has 0 spiro atoms. The summed E-state index contributed by atoms with van der Waals surface area (Å²) in [5, 5.41) is 13.1. The van der Waals surface area contributed by atoms with Crippen molar-refractivity contribution in [1.29, 1.82) is 0 Å². The zero-order valence-corrected chi connectivity index (χ0v) is 18.2. The van der Waals surface area contributed by atoms with E-state index in [0.717, 1.165) is 41.8 Å². The molecule has 0 saturated carbocycles. The van der Waals surface area contributed by atoms with E-state index >= 15 is 0 Å². The van der Waals surface area contributed by atoms with Gasteiger partial charge in [0, 0.05) is 24.0 Å². The standard InChI is InChI=1S/C22H30N6O/c1-13(2)17-12-16(19-14(3)25-28(20(19)23-17)22(4,5)6)21(29)24-18-11-15-9-7-8-10-27(15)26-18/h11-13H,7-10H2,1-6H3,(H,24,26,29). The van der Waals surface area contributed by atoms with E-state index in [1.165, 1.54) is 12.1 Å². The van der Waals surface area contributed by atoms with Crippen molar-refractivity contribution in [2.75, 3.05) is 5.32 Å². The third-order valence-corrected chi connectivity index (χ3v) is 5.46. The largest absolute Gasteiger partial charge is 0.305 e. The summed E-state index contributed by atoms with van der Waals surface area (Å²) in [5.74, 6) is 0.657. The molecule has 0 atom stereocenters. The van der Waals surface area contributed by atoms with Crippen LogP contribution in [0.15, 0.2) is 12.1 Å². The first-order valence-electron chi connectivity index (χ1n) is 10.4. The van der Waals surface area contributed by atoms with Crippen molar-refractivity contribution in [3.63, 3.8) is 0 Å². The minimum Gasteiger partial charge on any atom is -0.305 e. The minimum atomic E-state index is -0.230. The summed E-state index contributed by atoms with van der Waals surface area (Å²) >= 11 is 0. The normalized spacial score (nSPS) is 14.4. The van der Waals surface area contributed by atoms with Gasteiger partial charge in [-0.3, -0.25) is 9.48 Å². The van der Waals surface area contributed by atoms with Crippen molar-refractivity contribution >= 4 is 22.8 Å². The number of carbonyl (C=O) groups excluding carboxylic acids is 1. The first-order valence-corrected chi connectivity index (χ1v) is 10.4. The number of nitrogens with one attached hydrogen (secondary N) is 1. The lowest BCUT2D eigenvalue weighted by molar-refractivity contribution is 0.102. The SMILES string of the molecule is Cc1nn(C(C)(C)C)c2nc(C(C)C)cc(C(=O)Nc3cc4n(n3)CCCC4)c12. The first-order chi connectivity index (χ1) is 13.6.